The average molecular weight is 371 g/mol. The largest absolute Gasteiger partial charge is 0.497 e. The van der Waals surface area contributed by atoms with Gasteiger partial charge < -0.3 is 15.4 Å². The molecule has 0 amide bonds. The van der Waals surface area contributed by atoms with Crippen molar-refractivity contribution in [3.8, 4) is 11.8 Å². The normalized spacial score (nSPS) is 11.9. The maximum absolute atomic E-state index is 12.9. The standard InChI is InChI=1S/C19H21N3O3S/c1-3-13-21-19(22-15-9-11-16(25-2)12-10-15)18(14-20)26(23,24)17-7-5-4-6-8-17/h4-12,21-22H,3,13H2,1-2H3/b19-18+. The van der Waals surface area contributed by atoms with Crippen molar-refractivity contribution >= 4 is 15.5 Å². The van der Waals surface area contributed by atoms with E-state index in [0.717, 1.165) is 6.42 Å². The van der Waals surface area contributed by atoms with Gasteiger partial charge in [0.25, 0.3) is 0 Å². The number of anilines is 1. The summed E-state index contributed by atoms with van der Waals surface area (Å²) in [5.74, 6) is 0.836. The van der Waals surface area contributed by atoms with Crippen LogP contribution in [0.5, 0.6) is 5.75 Å². The molecule has 0 bridgehead atoms. The van der Waals surface area contributed by atoms with Gasteiger partial charge in [0, 0.05) is 12.2 Å². The molecule has 136 valence electrons. The van der Waals surface area contributed by atoms with Crippen molar-refractivity contribution in [2.45, 2.75) is 18.2 Å². The predicted molar refractivity (Wildman–Crippen MR) is 101 cm³/mol. The zero-order valence-electron chi connectivity index (χ0n) is 14.7. The molecule has 0 radical (unpaired) electrons. The molecule has 0 saturated heterocycles. The first-order valence-electron chi connectivity index (χ1n) is 8.12. The van der Waals surface area contributed by atoms with Crippen LogP contribution < -0.4 is 15.4 Å². The van der Waals surface area contributed by atoms with Crippen LogP contribution in [0, 0.1) is 11.3 Å². The Morgan fingerprint density at radius 1 is 1.12 bits per heavy atom. The van der Waals surface area contributed by atoms with Gasteiger partial charge in [-0.3, -0.25) is 0 Å². The lowest BCUT2D eigenvalue weighted by atomic mass is 10.3. The molecule has 0 aliphatic heterocycles. The van der Waals surface area contributed by atoms with Crippen LogP contribution >= 0.6 is 0 Å². The molecule has 0 aliphatic rings. The van der Waals surface area contributed by atoms with E-state index in [1.54, 1.807) is 49.6 Å². The second kappa shape index (κ2) is 8.92. The Kier molecular flexibility index (Phi) is 6.64. The smallest absolute Gasteiger partial charge is 0.220 e. The molecule has 2 aromatic rings. The van der Waals surface area contributed by atoms with E-state index < -0.39 is 9.84 Å². The third-order valence-electron chi connectivity index (χ3n) is 3.56. The minimum Gasteiger partial charge on any atom is -0.497 e. The zero-order chi connectivity index (χ0) is 19.0. The summed E-state index contributed by atoms with van der Waals surface area (Å²) in [6, 6.07) is 16.7. The highest BCUT2D eigenvalue weighted by Crippen LogP contribution is 2.23. The molecule has 0 atom stereocenters. The van der Waals surface area contributed by atoms with Crippen LogP contribution in [0.15, 0.2) is 70.2 Å². The lowest BCUT2D eigenvalue weighted by Crippen LogP contribution is -2.25. The summed E-state index contributed by atoms with van der Waals surface area (Å²) in [7, 11) is -2.38. The fourth-order valence-electron chi connectivity index (χ4n) is 2.22. The number of nitriles is 1. The van der Waals surface area contributed by atoms with Crippen molar-refractivity contribution in [3.63, 3.8) is 0 Å². The summed E-state index contributed by atoms with van der Waals surface area (Å²) in [6.07, 6.45) is 0.776. The molecule has 2 aromatic carbocycles. The molecule has 0 saturated carbocycles. The van der Waals surface area contributed by atoms with Crippen molar-refractivity contribution in [2.75, 3.05) is 19.0 Å². The molecule has 0 spiro atoms. The van der Waals surface area contributed by atoms with Crippen molar-refractivity contribution < 1.29 is 13.2 Å². The van der Waals surface area contributed by atoms with Gasteiger partial charge in [0.05, 0.1) is 12.0 Å². The molecule has 2 N–H and O–H groups in total. The van der Waals surface area contributed by atoms with Crippen molar-refractivity contribution in [3.05, 3.63) is 65.3 Å². The summed E-state index contributed by atoms with van der Waals surface area (Å²) >= 11 is 0. The van der Waals surface area contributed by atoms with Crippen LogP contribution in [-0.2, 0) is 9.84 Å². The van der Waals surface area contributed by atoms with Gasteiger partial charge >= 0.3 is 0 Å². The maximum atomic E-state index is 12.9. The van der Waals surface area contributed by atoms with Gasteiger partial charge in [-0.05, 0) is 42.8 Å². The van der Waals surface area contributed by atoms with Crippen LogP contribution in [0.4, 0.5) is 5.69 Å². The molecule has 7 heteroatoms. The van der Waals surface area contributed by atoms with E-state index in [2.05, 4.69) is 10.6 Å². The highest BCUT2D eigenvalue weighted by atomic mass is 32.2. The summed E-state index contributed by atoms with van der Waals surface area (Å²) in [5.41, 5.74) is 0.639. The Labute approximate surface area is 154 Å². The second-order valence-electron chi connectivity index (χ2n) is 5.41. The predicted octanol–water partition coefficient (Wildman–Crippen LogP) is 3.27. The number of nitrogens with zero attached hydrogens (tertiary/aromatic N) is 1. The number of hydrogen-bond acceptors (Lipinski definition) is 6. The van der Waals surface area contributed by atoms with E-state index >= 15 is 0 Å². The van der Waals surface area contributed by atoms with Crippen molar-refractivity contribution in [1.29, 1.82) is 5.26 Å². The molecular weight excluding hydrogens is 350 g/mol. The monoisotopic (exact) mass is 371 g/mol. The molecule has 2 rings (SSSR count). The van der Waals surface area contributed by atoms with Crippen molar-refractivity contribution in [2.24, 2.45) is 0 Å². The SMILES string of the molecule is CCCN/C(Nc1ccc(OC)cc1)=C(/C#N)S(=O)(=O)c1ccccc1. The number of nitrogens with one attached hydrogen (secondary N) is 2. The summed E-state index contributed by atoms with van der Waals surface area (Å²) in [5, 5.41) is 15.6. The van der Waals surface area contributed by atoms with Crippen LogP contribution in [0.2, 0.25) is 0 Å². The molecule has 0 aromatic heterocycles. The Bertz CT molecular complexity index is 899. The fourth-order valence-corrected chi connectivity index (χ4v) is 3.48. The zero-order valence-corrected chi connectivity index (χ0v) is 15.5. The molecule has 26 heavy (non-hydrogen) atoms. The molecule has 0 aliphatic carbocycles. The van der Waals surface area contributed by atoms with Crippen LogP contribution in [0.3, 0.4) is 0 Å². The highest BCUT2D eigenvalue weighted by Gasteiger charge is 2.25. The average Bonchev–Trinajstić information content (AvgIpc) is 2.67. The van der Waals surface area contributed by atoms with Gasteiger partial charge in [0.15, 0.2) is 4.91 Å². The van der Waals surface area contributed by atoms with Crippen LogP contribution in [-0.4, -0.2) is 22.1 Å². The molecule has 6 nitrogen and oxygen atoms in total. The van der Waals surface area contributed by atoms with Gasteiger partial charge in [0.2, 0.25) is 9.84 Å². The topological polar surface area (TPSA) is 91.2 Å². The number of sulfone groups is 1. The second-order valence-corrected chi connectivity index (χ2v) is 7.30. The van der Waals surface area contributed by atoms with Gasteiger partial charge in [-0.1, -0.05) is 25.1 Å². The van der Waals surface area contributed by atoms with Crippen LogP contribution in [0.1, 0.15) is 13.3 Å². The Balaban J connectivity index is 2.47. The number of benzene rings is 2. The lowest BCUT2D eigenvalue weighted by molar-refractivity contribution is 0.415. The Morgan fingerprint density at radius 2 is 1.77 bits per heavy atom. The third-order valence-corrected chi connectivity index (χ3v) is 5.29. The van der Waals surface area contributed by atoms with Gasteiger partial charge in [0.1, 0.15) is 17.6 Å². The summed E-state index contributed by atoms with van der Waals surface area (Å²) in [4.78, 5) is -0.281. The Hall–Kier alpha value is -2.98. The molecule has 0 unspecified atom stereocenters. The first kappa shape index (κ1) is 19.3. The van der Waals surface area contributed by atoms with Crippen LogP contribution in [0.25, 0.3) is 0 Å². The number of hydrogen-bond donors (Lipinski definition) is 2. The number of methoxy groups -OCH3 is 1. The van der Waals surface area contributed by atoms with Crippen molar-refractivity contribution in [1.82, 2.24) is 5.32 Å². The molecule has 0 fully saturated rings. The lowest BCUT2D eigenvalue weighted by Gasteiger charge is -2.16. The van der Waals surface area contributed by atoms with Gasteiger partial charge in [-0.15, -0.1) is 0 Å². The first-order valence-corrected chi connectivity index (χ1v) is 9.60. The van der Waals surface area contributed by atoms with Gasteiger partial charge in [-0.2, -0.15) is 5.26 Å². The van der Waals surface area contributed by atoms with E-state index in [1.807, 2.05) is 13.0 Å². The van der Waals surface area contributed by atoms with E-state index in [9.17, 15) is 13.7 Å². The summed E-state index contributed by atoms with van der Waals surface area (Å²) < 4.78 is 30.9. The summed E-state index contributed by atoms with van der Waals surface area (Å²) in [6.45, 7) is 2.48. The minimum atomic E-state index is -3.94. The maximum Gasteiger partial charge on any atom is 0.220 e. The van der Waals surface area contributed by atoms with E-state index in [4.69, 9.17) is 4.74 Å². The van der Waals surface area contributed by atoms with E-state index in [1.165, 1.54) is 12.1 Å². The molecular formula is C19H21N3O3S. The first-order chi connectivity index (χ1) is 12.5. The van der Waals surface area contributed by atoms with E-state index in [0.29, 0.717) is 18.0 Å². The molecule has 0 heterocycles. The minimum absolute atomic E-state index is 0.0730. The highest BCUT2D eigenvalue weighted by molar-refractivity contribution is 7.95. The number of allylic oxidation sites excluding steroid dienone is 1. The third kappa shape index (κ3) is 4.55. The quantitative estimate of drug-likeness (QED) is 0.692. The Morgan fingerprint density at radius 3 is 2.31 bits per heavy atom. The number of rotatable bonds is 8. The number of ether oxygens (including phenoxy) is 1. The van der Waals surface area contributed by atoms with Gasteiger partial charge in [-0.25, -0.2) is 8.42 Å². The fraction of sp³-hybridized carbons (Fsp3) is 0.211. The van der Waals surface area contributed by atoms with E-state index in [-0.39, 0.29) is 15.6 Å².